The van der Waals surface area contributed by atoms with Crippen molar-refractivity contribution in [3.63, 3.8) is 0 Å². The second-order valence-electron chi connectivity index (χ2n) is 5.77. The minimum atomic E-state index is -0.0509. The topological polar surface area (TPSA) is 66.1 Å². The Kier molecular flexibility index (Phi) is 5.35. The molecule has 5 nitrogen and oxygen atoms in total. The summed E-state index contributed by atoms with van der Waals surface area (Å²) in [6.07, 6.45) is 3.78. The predicted molar refractivity (Wildman–Crippen MR) is 96.7 cm³/mol. The van der Waals surface area contributed by atoms with E-state index in [1.54, 1.807) is 4.90 Å². The quantitative estimate of drug-likeness (QED) is 0.670. The van der Waals surface area contributed by atoms with Crippen LogP contribution in [0.3, 0.4) is 0 Å². The predicted octanol–water partition coefficient (Wildman–Crippen LogP) is 2.79. The van der Waals surface area contributed by atoms with E-state index >= 15 is 0 Å². The minimum Gasteiger partial charge on any atom is -0.312 e. The highest BCUT2D eigenvalue weighted by molar-refractivity contribution is 7.99. The average molecular weight is 343 g/mol. The van der Waals surface area contributed by atoms with Gasteiger partial charge in [-0.1, -0.05) is 30.0 Å². The van der Waals surface area contributed by atoms with Crippen molar-refractivity contribution in [3.05, 3.63) is 51.9 Å². The molecule has 1 aromatic carbocycles. The Morgan fingerprint density at radius 2 is 2.00 bits per heavy atom. The third-order valence-corrected chi connectivity index (χ3v) is 5.05. The number of para-hydroxylation sites is 1. The van der Waals surface area contributed by atoms with Gasteiger partial charge >= 0.3 is 0 Å². The Hall–Kier alpha value is -2.08. The summed E-state index contributed by atoms with van der Waals surface area (Å²) < 4.78 is 0. The first kappa shape index (κ1) is 16.8. The van der Waals surface area contributed by atoms with Crippen LogP contribution in [0, 0.1) is 0 Å². The summed E-state index contributed by atoms with van der Waals surface area (Å²) in [6.45, 7) is 2.56. The molecule has 0 atom stereocenters. The number of nitrogens with zero attached hydrogens (tertiary/aromatic N) is 2. The molecule has 0 saturated heterocycles. The van der Waals surface area contributed by atoms with Gasteiger partial charge in [-0.2, -0.15) is 0 Å². The molecule has 24 heavy (non-hydrogen) atoms. The Bertz CT molecular complexity index is 774. The number of aromatic amines is 1. The number of aromatic nitrogens is 2. The maximum absolute atomic E-state index is 12.5. The van der Waals surface area contributed by atoms with Crippen molar-refractivity contribution in [2.75, 3.05) is 17.2 Å². The molecule has 0 saturated carbocycles. The van der Waals surface area contributed by atoms with Crippen molar-refractivity contribution < 1.29 is 4.79 Å². The van der Waals surface area contributed by atoms with E-state index in [9.17, 15) is 9.59 Å². The highest BCUT2D eigenvalue weighted by Crippen LogP contribution is 2.21. The maximum atomic E-state index is 12.5. The van der Waals surface area contributed by atoms with Gasteiger partial charge in [0, 0.05) is 17.8 Å². The zero-order valence-electron chi connectivity index (χ0n) is 13.7. The Balaban J connectivity index is 1.70. The van der Waals surface area contributed by atoms with Gasteiger partial charge in [-0.25, -0.2) is 4.98 Å². The fourth-order valence-corrected chi connectivity index (χ4v) is 3.72. The molecule has 3 rings (SSSR count). The molecule has 0 spiro atoms. The molecule has 126 valence electrons. The molecule has 0 unspecified atom stereocenters. The van der Waals surface area contributed by atoms with E-state index in [-0.39, 0.29) is 17.2 Å². The van der Waals surface area contributed by atoms with Gasteiger partial charge in [0.1, 0.15) is 0 Å². The normalized spacial score (nSPS) is 13.4. The second kappa shape index (κ2) is 7.66. The SMILES string of the molecule is CCN(C(=O)CSc1nc2c(c(=O)[nH]1)CCCC2)c1ccccc1. The Morgan fingerprint density at radius 3 is 2.75 bits per heavy atom. The van der Waals surface area contributed by atoms with Crippen molar-refractivity contribution in [3.8, 4) is 0 Å². The zero-order valence-corrected chi connectivity index (χ0v) is 14.6. The molecule has 6 heteroatoms. The van der Waals surface area contributed by atoms with Gasteiger partial charge in [-0.05, 0) is 44.7 Å². The highest BCUT2D eigenvalue weighted by atomic mass is 32.2. The van der Waals surface area contributed by atoms with Crippen LogP contribution in [0.25, 0.3) is 0 Å². The summed E-state index contributed by atoms with van der Waals surface area (Å²) >= 11 is 1.30. The number of hydrogen-bond donors (Lipinski definition) is 1. The number of aryl methyl sites for hydroxylation is 1. The Labute approximate surface area is 145 Å². The van der Waals surface area contributed by atoms with E-state index in [1.807, 2.05) is 37.3 Å². The zero-order chi connectivity index (χ0) is 16.9. The van der Waals surface area contributed by atoms with Crippen molar-refractivity contribution in [2.24, 2.45) is 0 Å². The van der Waals surface area contributed by atoms with Crippen LogP contribution in [-0.4, -0.2) is 28.2 Å². The second-order valence-corrected chi connectivity index (χ2v) is 6.73. The number of carbonyl (C=O) groups excluding carboxylic acids is 1. The van der Waals surface area contributed by atoms with E-state index in [4.69, 9.17) is 0 Å². The summed E-state index contributed by atoms with van der Waals surface area (Å²) in [5, 5.41) is 0.540. The smallest absolute Gasteiger partial charge is 0.254 e. The number of carbonyl (C=O) groups is 1. The highest BCUT2D eigenvalue weighted by Gasteiger charge is 2.18. The lowest BCUT2D eigenvalue weighted by Gasteiger charge is -2.21. The lowest BCUT2D eigenvalue weighted by Crippen LogP contribution is -2.32. The summed E-state index contributed by atoms with van der Waals surface area (Å²) in [4.78, 5) is 33.7. The number of fused-ring (bicyclic) bond motifs is 1. The first-order chi connectivity index (χ1) is 11.7. The molecular formula is C18H21N3O2S. The van der Waals surface area contributed by atoms with Gasteiger partial charge in [-0.15, -0.1) is 0 Å². The number of rotatable bonds is 5. The number of H-pyrrole nitrogens is 1. The molecule has 1 aromatic heterocycles. The van der Waals surface area contributed by atoms with Gasteiger partial charge in [0.15, 0.2) is 5.16 Å². The van der Waals surface area contributed by atoms with E-state index in [1.165, 1.54) is 11.8 Å². The summed E-state index contributed by atoms with van der Waals surface area (Å²) in [7, 11) is 0. The van der Waals surface area contributed by atoms with E-state index < -0.39 is 0 Å². The van der Waals surface area contributed by atoms with E-state index in [0.29, 0.717) is 11.7 Å². The summed E-state index contributed by atoms with van der Waals surface area (Å²) in [5.74, 6) is 0.263. The number of amides is 1. The lowest BCUT2D eigenvalue weighted by atomic mass is 9.97. The third-order valence-electron chi connectivity index (χ3n) is 4.19. The first-order valence-corrected chi connectivity index (χ1v) is 9.28. The number of nitrogens with one attached hydrogen (secondary N) is 1. The van der Waals surface area contributed by atoms with Crippen LogP contribution in [0.4, 0.5) is 5.69 Å². The van der Waals surface area contributed by atoms with Gasteiger partial charge in [0.25, 0.3) is 5.56 Å². The molecule has 0 fully saturated rings. The van der Waals surface area contributed by atoms with Gasteiger partial charge in [-0.3, -0.25) is 9.59 Å². The number of benzene rings is 1. The van der Waals surface area contributed by atoms with Crippen LogP contribution < -0.4 is 10.5 Å². The number of thioether (sulfide) groups is 1. The fraction of sp³-hybridized carbons (Fsp3) is 0.389. The van der Waals surface area contributed by atoms with Crippen molar-refractivity contribution in [1.82, 2.24) is 9.97 Å². The fourth-order valence-electron chi connectivity index (χ4n) is 2.97. The molecule has 1 aliphatic rings. The third kappa shape index (κ3) is 3.70. The van der Waals surface area contributed by atoms with Crippen molar-refractivity contribution in [1.29, 1.82) is 0 Å². The molecule has 0 bridgehead atoms. The van der Waals surface area contributed by atoms with Crippen LogP contribution in [0.5, 0.6) is 0 Å². The van der Waals surface area contributed by atoms with Crippen molar-refractivity contribution >= 4 is 23.4 Å². The molecule has 1 amide bonds. The summed E-state index contributed by atoms with van der Waals surface area (Å²) in [6, 6.07) is 9.61. The van der Waals surface area contributed by atoms with Gasteiger partial charge in [0.2, 0.25) is 5.91 Å². The standard InChI is InChI=1S/C18H21N3O2S/c1-2-21(13-8-4-3-5-9-13)16(22)12-24-18-19-15-11-7-6-10-14(15)17(23)20-18/h3-5,8-9H,2,6-7,10-12H2,1H3,(H,19,20,23). The van der Waals surface area contributed by atoms with Crippen LogP contribution in [0.1, 0.15) is 31.0 Å². The van der Waals surface area contributed by atoms with Crippen LogP contribution in [-0.2, 0) is 17.6 Å². The lowest BCUT2D eigenvalue weighted by molar-refractivity contribution is -0.116. The van der Waals surface area contributed by atoms with Crippen LogP contribution >= 0.6 is 11.8 Å². The largest absolute Gasteiger partial charge is 0.312 e. The number of anilines is 1. The van der Waals surface area contributed by atoms with E-state index in [0.717, 1.165) is 42.6 Å². The summed E-state index contributed by atoms with van der Waals surface area (Å²) in [5.41, 5.74) is 2.55. The molecular weight excluding hydrogens is 322 g/mol. The van der Waals surface area contributed by atoms with Crippen molar-refractivity contribution in [2.45, 2.75) is 37.8 Å². The first-order valence-electron chi connectivity index (χ1n) is 8.29. The van der Waals surface area contributed by atoms with E-state index in [2.05, 4.69) is 9.97 Å². The average Bonchev–Trinajstić information content (AvgIpc) is 2.61. The van der Waals surface area contributed by atoms with Gasteiger partial charge < -0.3 is 9.88 Å². The number of hydrogen-bond acceptors (Lipinski definition) is 4. The maximum Gasteiger partial charge on any atom is 0.254 e. The van der Waals surface area contributed by atoms with Gasteiger partial charge in [0.05, 0.1) is 11.4 Å². The Morgan fingerprint density at radius 1 is 1.25 bits per heavy atom. The minimum absolute atomic E-state index is 0.00840. The molecule has 1 N–H and O–H groups in total. The van der Waals surface area contributed by atoms with Crippen LogP contribution in [0.2, 0.25) is 0 Å². The molecule has 2 aromatic rings. The molecule has 0 radical (unpaired) electrons. The van der Waals surface area contributed by atoms with Crippen LogP contribution in [0.15, 0.2) is 40.3 Å². The molecule has 0 aliphatic heterocycles. The molecule has 1 heterocycles. The monoisotopic (exact) mass is 343 g/mol. The molecule has 1 aliphatic carbocycles.